The molecule has 3 N–H and O–H groups in total. The summed E-state index contributed by atoms with van der Waals surface area (Å²) in [5.41, 5.74) is 6.02. The molecule has 0 aliphatic heterocycles. The van der Waals surface area contributed by atoms with Gasteiger partial charge in [0.1, 0.15) is 0 Å². The van der Waals surface area contributed by atoms with Crippen LogP contribution >= 0.6 is 0 Å². The summed E-state index contributed by atoms with van der Waals surface area (Å²) >= 11 is 0. The molecule has 1 fully saturated rings. The number of nitrogen functional groups attached to an aromatic ring is 1. The van der Waals surface area contributed by atoms with Gasteiger partial charge in [-0.05, 0) is 25.0 Å². The van der Waals surface area contributed by atoms with Gasteiger partial charge in [-0.2, -0.15) is 0 Å². The molecule has 2 rings (SSSR count). The summed E-state index contributed by atoms with van der Waals surface area (Å²) in [6, 6.07) is 2.66. The zero-order chi connectivity index (χ0) is 11.5. The highest BCUT2D eigenvalue weighted by Gasteiger charge is 2.18. The van der Waals surface area contributed by atoms with Crippen molar-refractivity contribution in [2.45, 2.75) is 38.1 Å². The van der Waals surface area contributed by atoms with Crippen LogP contribution in [0.25, 0.3) is 0 Å². The van der Waals surface area contributed by atoms with Crippen molar-refractivity contribution in [1.29, 1.82) is 0 Å². The fourth-order valence-corrected chi connectivity index (χ4v) is 2.16. The highest BCUT2D eigenvalue weighted by atomic mass is 19.2. The SMILES string of the molecule is Nc1ccc(F)c(F)c1NC1CCCCC1. The van der Waals surface area contributed by atoms with Crippen LogP contribution in [0.15, 0.2) is 12.1 Å². The van der Waals surface area contributed by atoms with Crippen molar-refractivity contribution in [2.24, 2.45) is 0 Å². The number of rotatable bonds is 2. The predicted molar refractivity (Wildman–Crippen MR) is 61.3 cm³/mol. The smallest absolute Gasteiger partial charge is 0.183 e. The minimum absolute atomic E-state index is 0.118. The van der Waals surface area contributed by atoms with E-state index in [1.54, 1.807) is 0 Å². The molecule has 0 heterocycles. The molecule has 0 spiro atoms. The lowest BCUT2D eigenvalue weighted by molar-refractivity contribution is 0.457. The summed E-state index contributed by atoms with van der Waals surface area (Å²) in [6.07, 6.45) is 5.48. The van der Waals surface area contributed by atoms with E-state index >= 15 is 0 Å². The molecule has 0 bridgehead atoms. The van der Waals surface area contributed by atoms with Gasteiger partial charge in [0.05, 0.1) is 11.4 Å². The molecule has 0 unspecified atom stereocenters. The minimum atomic E-state index is -0.870. The second-order valence-corrected chi connectivity index (χ2v) is 4.30. The zero-order valence-electron chi connectivity index (χ0n) is 9.10. The fourth-order valence-electron chi connectivity index (χ4n) is 2.16. The van der Waals surface area contributed by atoms with Gasteiger partial charge in [-0.3, -0.25) is 0 Å². The zero-order valence-corrected chi connectivity index (χ0v) is 9.10. The van der Waals surface area contributed by atoms with Gasteiger partial charge >= 0.3 is 0 Å². The molecular formula is C12H16F2N2. The van der Waals surface area contributed by atoms with Gasteiger partial charge in [0.15, 0.2) is 11.6 Å². The van der Waals surface area contributed by atoms with Crippen molar-refractivity contribution in [3.05, 3.63) is 23.8 Å². The van der Waals surface area contributed by atoms with Gasteiger partial charge in [0.2, 0.25) is 0 Å². The lowest BCUT2D eigenvalue weighted by atomic mass is 9.95. The third-order valence-corrected chi connectivity index (χ3v) is 3.08. The molecule has 0 atom stereocenters. The van der Waals surface area contributed by atoms with E-state index in [4.69, 9.17) is 5.73 Å². The maximum absolute atomic E-state index is 13.5. The number of halogens is 2. The molecule has 0 saturated heterocycles. The summed E-state index contributed by atoms with van der Waals surface area (Å²) in [5.74, 6) is -1.72. The number of benzene rings is 1. The largest absolute Gasteiger partial charge is 0.397 e. The Labute approximate surface area is 93.8 Å². The third-order valence-electron chi connectivity index (χ3n) is 3.08. The van der Waals surface area contributed by atoms with E-state index in [9.17, 15) is 8.78 Å². The minimum Gasteiger partial charge on any atom is -0.397 e. The standard InChI is InChI=1S/C12H16F2N2/c13-9-6-7-10(15)12(11(9)14)16-8-4-2-1-3-5-8/h6-8,16H,1-5,15H2. The quantitative estimate of drug-likeness (QED) is 0.759. The van der Waals surface area contributed by atoms with E-state index in [2.05, 4.69) is 5.32 Å². The monoisotopic (exact) mass is 226 g/mol. The lowest BCUT2D eigenvalue weighted by Crippen LogP contribution is -2.23. The first kappa shape index (κ1) is 11.2. The molecule has 1 aromatic carbocycles. The van der Waals surface area contributed by atoms with E-state index in [0.717, 1.165) is 31.7 Å². The van der Waals surface area contributed by atoms with Crippen molar-refractivity contribution < 1.29 is 8.78 Å². The number of nitrogens with two attached hydrogens (primary N) is 1. The summed E-state index contributed by atoms with van der Waals surface area (Å²) in [5, 5.41) is 3.02. The van der Waals surface area contributed by atoms with Crippen LogP contribution in [0.3, 0.4) is 0 Å². The summed E-state index contributed by atoms with van der Waals surface area (Å²) in [7, 11) is 0. The molecule has 1 aliphatic carbocycles. The Morgan fingerprint density at radius 2 is 1.81 bits per heavy atom. The van der Waals surface area contributed by atoms with Crippen molar-refractivity contribution in [3.63, 3.8) is 0 Å². The Kier molecular flexibility index (Phi) is 3.27. The number of anilines is 2. The Hall–Kier alpha value is -1.32. The van der Waals surface area contributed by atoms with Crippen LogP contribution in [-0.4, -0.2) is 6.04 Å². The molecule has 2 nitrogen and oxygen atoms in total. The van der Waals surface area contributed by atoms with E-state index in [-0.39, 0.29) is 17.4 Å². The lowest BCUT2D eigenvalue weighted by Gasteiger charge is -2.24. The number of hydrogen-bond donors (Lipinski definition) is 2. The first-order chi connectivity index (χ1) is 7.68. The van der Waals surface area contributed by atoms with Gasteiger partial charge in [0.25, 0.3) is 0 Å². The van der Waals surface area contributed by atoms with E-state index < -0.39 is 11.6 Å². The van der Waals surface area contributed by atoms with Crippen LogP contribution in [0.4, 0.5) is 20.2 Å². The average Bonchev–Trinajstić information content (AvgIpc) is 2.31. The fraction of sp³-hybridized carbons (Fsp3) is 0.500. The normalized spacial score (nSPS) is 17.4. The van der Waals surface area contributed by atoms with Crippen molar-refractivity contribution >= 4 is 11.4 Å². The van der Waals surface area contributed by atoms with Crippen LogP contribution in [0.2, 0.25) is 0 Å². The average molecular weight is 226 g/mol. The highest BCUT2D eigenvalue weighted by molar-refractivity contribution is 5.67. The second-order valence-electron chi connectivity index (χ2n) is 4.30. The van der Waals surface area contributed by atoms with Crippen molar-refractivity contribution in [2.75, 3.05) is 11.1 Å². The molecule has 0 radical (unpaired) electrons. The number of nitrogens with one attached hydrogen (secondary N) is 1. The van der Waals surface area contributed by atoms with Gasteiger partial charge in [-0.1, -0.05) is 19.3 Å². The first-order valence-electron chi connectivity index (χ1n) is 5.68. The molecular weight excluding hydrogens is 210 g/mol. The maximum Gasteiger partial charge on any atom is 0.183 e. The number of hydrogen-bond acceptors (Lipinski definition) is 2. The molecule has 0 amide bonds. The first-order valence-corrected chi connectivity index (χ1v) is 5.68. The van der Waals surface area contributed by atoms with Crippen LogP contribution < -0.4 is 11.1 Å². The molecule has 1 aliphatic rings. The van der Waals surface area contributed by atoms with Crippen molar-refractivity contribution in [3.8, 4) is 0 Å². The third kappa shape index (κ3) is 2.26. The molecule has 0 aromatic heterocycles. The van der Waals surface area contributed by atoms with E-state index in [1.807, 2.05) is 0 Å². The van der Waals surface area contributed by atoms with Gasteiger partial charge < -0.3 is 11.1 Å². The molecule has 4 heteroatoms. The second kappa shape index (κ2) is 4.68. The summed E-state index contributed by atoms with van der Waals surface area (Å²) in [6.45, 7) is 0. The highest BCUT2D eigenvalue weighted by Crippen LogP contribution is 2.28. The Morgan fingerprint density at radius 3 is 2.50 bits per heavy atom. The topological polar surface area (TPSA) is 38.0 Å². The van der Waals surface area contributed by atoms with Gasteiger partial charge in [0, 0.05) is 6.04 Å². The Balaban J connectivity index is 2.16. The maximum atomic E-state index is 13.5. The van der Waals surface area contributed by atoms with E-state index in [0.29, 0.717) is 0 Å². The molecule has 1 aromatic rings. The van der Waals surface area contributed by atoms with E-state index in [1.165, 1.54) is 12.5 Å². The Bertz CT molecular complexity index is 374. The molecule has 88 valence electrons. The van der Waals surface area contributed by atoms with Crippen LogP contribution in [-0.2, 0) is 0 Å². The Morgan fingerprint density at radius 1 is 1.12 bits per heavy atom. The molecule has 16 heavy (non-hydrogen) atoms. The van der Waals surface area contributed by atoms with Crippen LogP contribution in [0.5, 0.6) is 0 Å². The predicted octanol–water partition coefficient (Wildman–Crippen LogP) is 3.29. The summed E-state index contributed by atoms with van der Waals surface area (Å²) in [4.78, 5) is 0. The van der Waals surface area contributed by atoms with Crippen LogP contribution in [0, 0.1) is 11.6 Å². The summed E-state index contributed by atoms with van der Waals surface area (Å²) < 4.78 is 26.5. The van der Waals surface area contributed by atoms with Crippen LogP contribution in [0.1, 0.15) is 32.1 Å². The molecule has 1 saturated carbocycles. The van der Waals surface area contributed by atoms with Crippen molar-refractivity contribution in [1.82, 2.24) is 0 Å². The van der Waals surface area contributed by atoms with Gasteiger partial charge in [-0.15, -0.1) is 0 Å². The van der Waals surface area contributed by atoms with Gasteiger partial charge in [-0.25, -0.2) is 8.78 Å².